The second-order valence-corrected chi connectivity index (χ2v) is 2.60. The van der Waals surface area contributed by atoms with E-state index < -0.39 is 0 Å². The molecule has 9 heavy (non-hydrogen) atoms. The quantitative estimate of drug-likeness (QED) is 0.550. The Morgan fingerprint density at radius 2 is 1.89 bits per heavy atom. The molecule has 1 rings (SSSR count). The van der Waals surface area contributed by atoms with E-state index in [4.69, 9.17) is 10.0 Å². The topological polar surface area (TPSA) is 12.4 Å². The van der Waals surface area contributed by atoms with Gasteiger partial charge in [0, 0.05) is 0 Å². The average Bonchev–Trinajstić information content (AvgIpc) is 1.91. The molecule has 0 N–H and O–H groups in total. The number of nitrogens with zero attached hydrogens (tertiary/aromatic N) is 1. The molecule has 1 nitrogen and oxygen atoms in total. The first-order chi connectivity index (χ1) is 4.43. The maximum atomic E-state index is 5.45. The van der Waals surface area contributed by atoms with Crippen LogP contribution in [0.3, 0.4) is 0 Å². The maximum absolute atomic E-state index is 5.45. The molecule has 0 bridgehead atoms. The predicted molar refractivity (Wildman–Crippen MR) is 40.1 cm³/mol. The molecule has 0 spiro atoms. The Morgan fingerprint density at radius 1 is 1.22 bits per heavy atom. The molecule has 3 heteroatoms. The van der Waals surface area contributed by atoms with Gasteiger partial charge in [0.05, 0.1) is 0 Å². The molecule has 44 valence electrons. The normalized spacial score (nSPS) is 9.44. The minimum atomic E-state index is -0.277. The molecule has 0 radical (unpaired) electrons. The van der Waals surface area contributed by atoms with Gasteiger partial charge >= 0.3 is 64.1 Å². The zero-order chi connectivity index (χ0) is 6.53. The summed E-state index contributed by atoms with van der Waals surface area (Å²) >= 11 is -0.277. The first kappa shape index (κ1) is 6.96. The van der Waals surface area contributed by atoms with Crippen LogP contribution < -0.4 is 0 Å². The monoisotopic (exact) mass is 153 g/mol. The van der Waals surface area contributed by atoms with E-state index in [1.807, 2.05) is 30.3 Å². The van der Waals surface area contributed by atoms with Gasteiger partial charge in [-0.3, -0.25) is 0 Å². The molecule has 0 aliphatic heterocycles. The van der Waals surface area contributed by atoms with Gasteiger partial charge in [-0.1, -0.05) is 0 Å². The van der Waals surface area contributed by atoms with Crippen LogP contribution in [0.4, 0.5) is 5.69 Å². The van der Waals surface area contributed by atoms with Crippen LogP contribution >= 0.6 is 10.0 Å². The molecule has 0 heterocycles. The van der Waals surface area contributed by atoms with Gasteiger partial charge in [0.25, 0.3) is 0 Å². The summed E-state index contributed by atoms with van der Waals surface area (Å²) in [5.41, 5.74) is 0.975. The number of rotatable bonds is 1. The Kier molecular flexibility index (Phi) is 2.93. The second kappa shape index (κ2) is 3.79. The van der Waals surface area contributed by atoms with Crippen LogP contribution in [0.25, 0.3) is 0 Å². The molecule has 0 fully saturated rings. The van der Waals surface area contributed by atoms with Crippen molar-refractivity contribution in [1.29, 1.82) is 0 Å². The van der Waals surface area contributed by atoms with Crippen LogP contribution in [0.15, 0.2) is 34.3 Å². The molecule has 0 atom stereocenters. The van der Waals surface area contributed by atoms with Crippen molar-refractivity contribution in [3.05, 3.63) is 30.3 Å². The fourth-order valence-electron chi connectivity index (χ4n) is 0.570. The average molecular weight is 154 g/mol. The summed E-state index contributed by atoms with van der Waals surface area (Å²) in [4.78, 5) is 0. The molecule has 0 saturated heterocycles. The van der Waals surface area contributed by atoms with Gasteiger partial charge in [0.15, 0.2) is 0 Å². The predicted octanol–water partition coefficient (Wildman–Crippen LogP) is 2.36. The van der Waals surface area contributed by atoms with Crippen molar-refractivity contribution >= 4 is 29.8 Å². The van der Waals surface area contributed by atoms with E-state index >= 15 is 0 Å². The van der Waals surface area contributed by atoms with Gasteiger partial charge < -0.3 is 0 Å². The number of hydrogen-bond acceptors (Lipinski definition) is 1. The number of benzene rings is 1. The first-order valence-corrected chi connectivity index (χ1v) is 4.87. The first-order valence-electron chi connectivity index (χ1n) is 2.61. The van der Waals surface area contributed by atoms with Crippen LogP contribution in [0.5, 0.6) is 0 Å². The number of hydrogen-bond donors (Lipinski definition) is 0. The molecule has 0 saturated carbocycles. The van der Waals surface area contributed by atoms with E-state index in [-0.39, 0.29) is 14.1 Å². The van der Waals surface area contributed by atoms with Crippen molar-refractivity contribution in [1.82, 2.24) is 0 Å². The Balaban J connectivity index is 2.85. The van der Waals surface area contributed by atoms with Crippen molar-refractivity contribution in [3.63, 3.8) is 0 Å². The van der Waals surface area contributed by atoms with E-state index in [9.17, 15) is 0 Å². The summed E-state index contributed by atoms with van der Waals surface area (Å²) < 4.78 is 4.06. The van der Waals surface area contributed by atoms with Gasteiger partial charge in [-0.2, -0.15) is 0 Å². The summed E-state index contributed by atoms with van der Waals surface area (Å²) in [5.74, 6) is 0. The fraction of sp³-hybridized carbons (Fsp3) is 0. The molecule has 0 aliphatic carbocycles. The van der Waals surface area contributed by atoms with Gasteiger partial charge in [0.2, 0.25) is 0 Å². The molecule has 0 aromatic heterocycles. The van der Waals surface area contributed by atoms with Crippen molar-refractivity contribution < 1.29 is 0 Å². The standard InChI is InChI=1S/C6H5N.Al.ClH/c7-6-4-2-1-3-5-6;;/h1-5H;;1H/q;+1;/p-1. The Hall–Kier alpha value is -0.158. The van der Waals surface area contributed by atoms with Crippen LogP contribution in [-0.2, 0) is 0 Å². The summed E-state index contributed by atoms with van der Waals surface area (Å²) in [5, 5.41) is 0. The van der Waals surface area contributed by atoms with Crippen molar-refractivity contribution in [2.75, 3.05) is 0 Å². The Morgan fingerprint density at radius 3 is 2.44 bits per heavy atom. The third kappa shape index (κ3) is 2.28. The Labute approximate surface area is 64.4 Å². The molecule has 0 amide bonds. The van der Waals surface area contributed by atoms with Crippen molar-refractivity contribution in [2.45, 2.75) is 0 Å². The SMILES string of the molecule is [Cl][Al]=[N]c1ccccc1. The van der Waals surface area contributed by atoms with Gasteiger partial charge in [-0.05, 0) is 0 Å². The molecule has 0 aliphatic rings. The Bertz CT molecular complexity index is 197. The number of halogens is 1. The third-order valence-electron chi connectivity index (χ3n) is 0.954. The zero-order valence-corrected chi connectivity index (χ0v) is 6.70. The van der Waals surface area contributed by atoms with Crippen molar-refractivity contribution in [2.24, 2.45) is 3.93 Å². The summed E-state index contributed by atoms with van der Waals surface area (Å²) in [6.45, 7) is 0. The van der Waals surface area contributed by atoms with Crippen LogP contribution in [0, 0.1) is 0 Å². The van der Waals surface area contributed by atoms with Crippen molar-refractivity contribution in [3.8, 4) is 0 Å². The summed E-state index contributed by atoms with van der Waals surface area (Å²) in [7, 11) is 5.45. The van der Waals surface area contributed by atoms with E-state index in [1.165, 1.54) is 0 Å². The van der Waals surface area contributed by atoms with Gasteiger partial charge in [-0.15, -0.1) is 0 Å². The molecular formula is C6H5AlClN. The minimum absolute atomic E-state index is 0.277. The van der Waals surface area contributed by atoms with E-state index in [1.54, 1.807) is 0 Å². The summed E-state index contributed by atoms with van der Waals surface area (Å²) in [6, 6.07) is 9.74. The molecule has 0 unspecified atom stereocenters. The van der Waals surface area contributed by atoms with Crippen LogP contribution in [0.2, 0.25) is 0 Å². The van der Waals surface area contributed by atoms with E-state index in [0.29, 0.717) is 0 Å². The zero-order valence-electron chi connectivity index (χ0n) is 4.79. The third-order valence-corrected chi connectivity index (χ3v) is 1.64. The van der Waals surface area contributed by atoms with E-state index in [2.05, 4.69) is 3.93 Å². The second-order valence-electron chi connectivity index (χ2n) is 1.56. The fourth-order valence-corrected chi connectivity index (χ4v) is 1.19. The molecule has 1 aromatic carbocycles. The van der Waals surface area contributed by atoms with Crippen LogP contribution in [-0.4, -0.2) is 14.1 Å². The van der Waals surface area contributed by atoms with Gasteiger partial charge in [-0.25, -0.2) is 0 Å². The summed E-state index contributed by atoms with van der Waals surface area (Å²) in [6.07, 6.45) is 0. The van der Waals surface area contributed by atoms with Crippen LogP contribution in [0.1, 0.15) is 0 Å². The molecular weight excluding hydrogens is 149 g/mol. The molecule has 1 aromatic rings. The van der Waals surface area contributed by atoms with E-state index in [0.717, 1.165) is 5.69 Å². The van der Waals surface area contributed by atoms with Gasteiger partial charge in [0.1, 0.15) is 0 Å².